The molecule has 52 valence electrons. The van der Waals surface area contributed by atoms with Gasteiger partial charge in [0.05, 0.1) is 0 Å². The van der Waals surface area contributed by atoms with E-state index in [1.54, 1.807) is 0 Å². The van der Waals surface area contributed by atoms with E-state index in [4.69, 9.17) is 4.84 Å². The van der Waals surface area contributed by atoms with Gasteiger partial charge < -0.3 is 4.84 Å². The zero-order valence-electron chi connectivity index (χ0n) is 5.87. The van der Waals surface area contributed by atoms with Gasteiger partial charge in [-0.2, -0.15) is 0 Å². The molecular weight excluding hydrogens is 116 g/mol. The molecule has 0 aromatic rings. The van der Waals surface area contributed by atoms with Crippen LogP contribution in [0.4, 0.5) is 0 Å². The van der Waals surface area contributed by atoms with E-state index in [0.29, 0.717) is 0 Å². The molecule has 1 aliphatic rings. The summed E-state index contributed by atoms with van der Waals surface area (Å²) >= 11 is 0. The number of hydrogen-bond donors (Lipinski definition) is 0. The molecule has 2 unspecified atom stereocenters. The van der Waals surface area contributed by atoms with Crippen molar-refractivity contribution in [1.82, 2.24) is 0 Å². The van der Waals surface area contributed by atoms with Crippen molar-refractivity contribution in [2.45, 2.75) is 38.8 Å². The summed E-state index contributed by atoms with van der Waals surface area (Å²) in [5.41, 5.74) is 0. The van der Waals surface area contributed by atoms with Gasteiger partial charge in [0.15, 0.2) is 6.10 Å². The Balaban J connectivity index is 2.28. The van der Waals surface area contributed by atoms with Crippen molar-refractivity contribution < 1.29 is 4.84 Å². The Labute approximate surface area is 55.1 Å². The maximum absolute atomic E-state index is 4.96. The highest BCUT2D eigenvalue weighted by molar-refractivity contribution is 4.72. The quantitative estimate of drug-likeness (QED) is 0.559. The number of hydrogen-bond acceptors (Lipinski definition) is 3. The maximum Gasteiger partial charge on any atom is 0.153 e. The number of nitrogens with zero attached hydrogens (tertiary/aromatic N) is 2. The van der Waals surface area contributed by atoms with Crippen molar-refractivity contribution in [3.8, 4) is 0 Å². The normalized spacial score (nSPS) is 32.7. The third kappa shape index (κ3) is 1.40. The lowest BCUT2D eigenvalue weighted by atomic mass is 10.1. The highest BCUT2D eigenvalue weighted by Gasteiger charge is 2.22. The molecular formula is C6H12N2O. The monoisotopic (exact) mass is 128 g/mol. The molecule has 3 heteroatoms. The zero-order chi connectivity index (χ0) is 6.69. The van der Waals surface area contributed by atoms with Gasteiger partial charge in [-0.3, -0.25) is 0 Å². The lowest BCUT2D eigenvalue weighted by Gasteiger charge is -2.07. The van der Waals surface area contributed by atoms with Gasteiger partial charge in [0.1, 0.15) is 6.04 Å². The van der Waals surface area contributed by atoms with Gasteiger partial charge in [0, 0.05) is 5.28 Å². The minimum absolute atomic E-state index is 0.245. The third-order valence-electron chi connectivity index (χ3n) is 1.52. The van der Waals surface area contributed by atoms with Crippen LogP contribution in [0.15, 0.2) is 10.4 Å². The second-order valence-corrected chi connectivity index (χ2v) is 2.37. The first-order valence-electron chi connectivity index (χ1n) is 3.40. The van der Waals surface area contributed by atoms with Crippen LogP contribution in [0.5, 0.6) is 0 Å². The fraction of sp³-hybridized carbons (Fsp3) is 1.00. The average molecular weight is 128 g/mol. The SMILES string of the molecule is CCCC1ON=NC1C. The average Bonchev–Trinajstić information content (AvgIpc) is 2.18. The molecule has 0 amide bonds. The first kappa shape index (κ1) is 6.52. The van der Waals surface area contributed by atoms with Crippen LogP contribution >= 0.6 is 0 Å². The molecule has 0 aromatic carbocycles. The van der Waals surface area contributed by atoms with E-state index in [9.17, 15) is 0 Å². The molecule has 0 bridgehead atoms. The number of rotatable bonds is 2. The summed E-state index contributed by atoms with van der Waals surface area (Å²) < 4.78 is 0. The smallest absolute Gasteiger partial charge is 0.153 e. The summed E-state index contributed by atoms with van der Waals surface area (Å²) in [6.07, 6.45) is 2.45. The van der Waals surface area contributed by atoms with Gasteiger partial charge >= 0.3 is 0 Å². The Morgan fingerprint density at radius 1 is 1.56 bits per heavy atom. The van der Waals surface area contributed by atoms with Gasteiger partial charge in [0.2, 0.25) is 0 Å². The topological polar surface area (TPSA) is 34.0 Å². The van der Waals surface area contributed by atoms with Gasteiger partial charge in [-0.1, -0.05) is 13.3 Å². The van der Waals surface area contributed by atoms with Gasteiger partial charge in [-0.25, -0.2) is 0 Å². The third-order valence-corrected chi connectivity index (χ3v) is 1.52. The Morgan fingerprint density at radius 3 is 2.78 bits per heavy atom. The van der Waals surface area contributed by atoms with Crippen molar-refractivity contribution in [1.29, 1.82) is 0 Å². The van der Waals surface area contributed by atoms with Gasteiger partial charge in [-0.05, 0) is 13.3 Å². The Morgan fingerprint density at radius 2 is 2.33 bits per heavy atom. The fourth-order valence-corrected chi connectivity index (χ4v) is 0.903. The molecule has 2 atom stereocenters. The van der Waals surface area contributed by atoms with Crippen LogP contribution < -0.4 is 0 Å². The molecule has 0 radical (unpaired) electrons. The minimum atomic E-state index is 0.245. The molecule has 1 rings (SSSR count). The fourth-order valence-electron chi connectivity index (χ4n) is 0.903. The highest BCUT2D eigenvalue weighted by Crippen LogP contribution is 2.16. The second-order valence-electron chi connectivity index (χ2n) is 2.37. The minimum Gasteiger partial charge on any atom is -0.374 e. The molecule has 9 heavy (non-hydrogen) atoms. The Bertz CT molecular complexity index is 114. The summed E-state index contributed by atoms with van der Waals surface area (Å²) in [7, 11) is 0. The molecule has 1 heterocycles. The van der Waals surface area contributed by atoms with Gasteiger partial charge in [-0.15, -0.1) is 5.11 Å². The van der Waals surface area contributed by atoms with E-state index < -0.39 is 0 Å². The molecule has 0 saturated heterocycles. The van der Waals surface area contributed by atoms with Crippen molar-refractivity contribution in [3.05, 3.63) is 0 Å². The van der Waals surface area contributed by atoms with Crippen LogP contribution in [0.2, 0.25) is 0 Å². The molecule has 3 nitrogen and oxygen atoms in total. The maximum atomic E-state index is 4.96. The predicted molar refractivity (Wildman–Crippen MR) is 34.1 cm³/mol. The molecule has 0 fully saturated rings. The van der Waals surface area contributed by atoms with E-state index in [1.807, 2.05) is 6.92 Å². The largest absolute Gasteiger partial charge is 0.374 e. The second kappa shape index (κ2) is 2.80. The lowest BCUT2D eigenvalue weighted by Crippen LogP contribution is -2.17. The van der Waals surface area contributed by atoms with Crippen LogP contribution in [0.3, 0.4) is 0 Å². The predicted octanol–water partition coefficient (Wildman–Crippen LogP) is 1.94. The van der Waals surface area contributed by atoms with E-state index >= 15 is 0 Å². The van der Waals surface area contributed by atoms with Crippen molar-refractivity contribution >= 4 is 0 Å². The molecule has 0 aliphatic carbocycles. The summed E-state index contributed by atoms with van der Waals surface area (Å²) in [6, 6.07) is 0.268. The summed E-state index contributed by atoms with van der Waals surface area (Å²) in [6.45, 7) is 4.16. The first-order valence-corrected chi connectivity index (χ1v) is 3.40. The molecule has 0 aromatic heterocycles. The van der Waals surface area contributed by atoms with Crippen LogP contribution in [-0.2, 0) is 4.84 Å². The van der Waals surface area contributed by atoms with E-state index in [0.717, 1.165) is 12.8 Å². The summed E-state index contributed by atoms with van der Waals surface area (Å²) in [5, 5.41) is 7.33. The van der Waals surface area contributed by atoms with Crippen molar-refractivity contribution in [2.24, 2.45) is 10.4 Å². The first-order chi connectivity index (χ1) is 4.34. The zero-order valence-corrected chi connectivity index (χ0v) is 5.87. The Hall–Kier alpha value is -0.600. The summed E-state index contributed by atoms with van der Waals surface area (Å²) in [4.78, 5) is 4.96. The summed E-state index contributed by atoms with van der Waals surface area (Å²) in [5.74, 6) is 0. The van der Waals surface area contributed by atoms with Crippen LogP contribution in [0, 0.1) is 0 Å². The van der Waals surface area contributed by atoms with E-state index in [-0.39, 0.29) is 12.1 Å². The van der Waals surface area contributed by atoms with Gasteiger partial charge in [0.25, 0.3) is 0 Å². The highest BCUT2D eigenvalue weighted by atomic mass is 16.7. The van der Waals surface area contributed by atoms with E-state index in [2.05, 4.69) is 17.3 Å². The van der Waals surface area contributed by atoms with Crippen LogP contribution in [0.1, 0.15) is 26.7 Å². The van der Waals surface area contributed by atoms with E-state index in [1.165, 1.54) is 0 Å². The van der Waals surface area contributed by atoms with Crippen LogP contribution in [0.25, 0.3) is 0 Å². The molecule has 0 N–H and O–H groups in total. The standard InChI is InChI=1S/C6H12N2O/c1-3-4-6-5(2)7-8-9-6/h5-6H,3-4H2,1-2H3. The molecule has 1 aliphatic heterocycles. The van der Waals surface area contributed by atoms with Crippen molar-refractivity contribution in [3.63, 3.8) is 0 Å². The Kier molecular flexibility index (Phi) is 2.03. The van der Waals surface area contributed by atoms with Crippen LogP contribution in [-0.4, -0.2) is 12.1 Å². The lowest BCUT2D eigenvalue weighted by molar-refractivity contribution is 0.0719. The molecule has 0 saturated carbocycles. The van der Waals surface area contributed by atoms with Crippen molar-refractivity contribution in [2.75, 3.05) is 0 Å². The molecule has 0 spiro atoms.